The molecule has 0 saturated heterocycles. The van der Waals surface area contributed by atoms with Crippen molar-refractivity contribution in [2.45, 2.75) is 12.8 Å². The molecule has 0 bridgehead atoms. The second kappa shape index (κ2) is 5.54. The third-order valence-electron chi connectivity index (χ3n) is 2.31. The van der Waals surface area contributed by atoms with Crippen LogP contribution in [0.25, 0.3) is 0 Å². The van der Waals surface area contributed by atoms with E-state index in [4.69, 9.17) is 22.1 Å². The van der Waals surface area contributed by atoms with Gasteiger partial charge in [-0.05, 0) is 17.7 Å². The fraction of sp³-hybridized carbons (Fsp3) is 0.167. The number of benzene rings is 1. The van der Waals surface area contributed by atoms with Crippen LogP contribution >= 0.6 is 11.6 Å². The Labute approximate surface area is 117 Å². The molecule has 1 heterocycles. The first-order valence-corrected chi connectivity index (χ1v) is 5.81. The van der Waals surface area contributed by atoms with Gasteiger partial charge in [0.25, 0.3) is 0 Å². The fourth-order valence-electron chi connectivity index (χ4n) is 1.40. The van der Waals surface area contributed by atoms with E-state index in [1.807, 2.05) is 0 Å². The molecule has 0 fully saturated rings. The van der Waals surface area contributed by atoms with Gasteiger partial charge in [-0.15, -0.1) is 0 Å². The molecule has 0 amide bonds. The molecule has 0 saturated carbocycles. The number of anilines is 1. The molecule has 0 aliphatic carbocycles. The highest BCUT2D eigenvalue weighted by atomic mass is 35.5. The first-order valence-electron chi connectivity index (χ1n) is 5.43. The van der Waals surface area contributed by atoms with Crippen molar-refractivity contribution < 1.29 is 17.9 Å². The van der Waals surface area contributed by atoms with E-state index < -0.39 is 17.8 Å². The van der Waals surface area contributed by atoms with E-state index in [1.165, 1.54) is 0 Å². The molecule has 2 N–H and O–H groups in total. The highest BCUT2D eigenvalue weighted by molar-refractivity contribution is 6.30. The van der Waals surface area contributed by atoms with Crippen LogP contribution in [0.4, 0.5) is 19.1 Å². The molecule has 2 aromatic rings. The average molecular weight is 304 g/mol. The number of nitrogens with two attached hydrogens (primary N) is 1. The zero-order chi connectivity index (χ0) is 14.8. The monoisotopic (exact) mass is 303 g/mol. The van der Waals surface area contributed by atoms with Crippen LogP contribution in [0.1, 0.15) is 11.3 Å². The van der Waals surface area contributed by atoms with E-state index in [9.17, 15) is 13.2 Å². The van der Waals surface area contributed by atoms with E-state index in [0.29, 0.717) is 11.1 Å². The van der Waals surface area contributed by atoms with Gasteiger partial charge in [-0.25, -0.2) is 4.98 Å². The quantitative estimate of drug-likeness (QED) is 0.945. The lowest BCUT2D eigenvalue weighted by Gasteiger charge is -2.09. The molecule has 4 nitrogen and oxygen atoms in total. The summed E-state index contributed by atoms with van der Waals surface area (Å²) in [6.45, 7) is 0.0465. The van der Waals surface area contributed by atoms with Gasteiger partial charge >= 0.3 is 6.18 Å². The van der Waals surface area contributed by atoms with Gasteiger partial charge in [-0.3, -0.25) is 0 Å². The number of rotatable bonds is 3. The number of hydrogen-bond acceptors (Lipinski definition) is 4. The Morgan fingerprint density at radius 1 is 1.15 bits per heavy atom. The lowest BCUT2D eigenvalue weighted by Crippen LogP contribution is -2.11. The van der Waals surface area contributed by atoms with Crippen molar-refractivity contribution in [1.29, 1.82) is 0 Å². The van der Waals surface area contributed by atoms with Gasteiger partial charge < -0.3 is 10.5 Å². The normalized spacial score (nSPS) is 11.4. The topological polar surface area (TPSA) is 61.0 Å². The first kappa shape index (κ1) is 14.4. The molecule has 0 aliphatic heterocycles. The molecule has 0 aliphatic rings. The Bertz CT molecular complexity index is 602. The summed E-state index contributed by atoms with van der Waals surface area (Å²) in [7, 11) is 0. The minimum absolute atomic E-state index is 0.0465. The number of nitrogen functional groups attached to an aromatic ring is 1. The summed E-state index contributed by atoms with van der Waals surface area (Å²) in [4.78, 5) is 6.71. The van der Waals surface area contributed by atoms with E-state index in [1.54, 1.807) is 24.3 Å². The molecule has 106 valence electrons. The standard InChI is InChI=1S/C12H9ClF3N3O/c13-8-3-1-7(2-4-8)6-20-10-5-9(12(14,15)16)18-11(17)19-10/h1-5H,6H2,(H2,17,18,19). The zero-order valence-corrected chi connectivity index (χ0v) is 10.7. The molecular formula is C12H9ClF3N3O. The molecule has 0 spiro atoms. The van der Waals surface area contributed by atoms with Gasteiger partial charge in [0.2, 0.25) is 11.8 Å². The van der Waals surface area contributed by atoms with Gasteiger partial charge in [-0.2, -0.15) is 18.2 Å². The Morgan fingerprint density at radius 3 is 2.40 bits per heavy atom. The van der Waals surface area contributed by atoms with Crippen LogP contribution in [0.2, 0.25) is 5.02 Å². The van der Waals surface area contributed by atoms with E-state index >= 15 is 0 Å². The summed E-state index contributed by atoms with van der Waals surface area (Å²) in [5.74, 6) is -0.731. The lowest BCUT2D eigenvalue weighted by atomic mass is 10.2. The van der Waals surface area contributed by atoms with Crippen LogP contribution in [-0.4, -0.2) is 9.97 Å². The second-order valence-corrected chi connectivity index (χ2v) is 4.30. The first-order chi connectivity index (χ1) is 9.34. The Morgan fingerprint density at radius 2 is 1.80 bits per heavy atom. The second-order valence-electron chi connectivity index (χ2n) is 3.86. The number of nitrogens with zero attached hydrogens (tertiary/aromatic N) is 2. The lowest BCUT2D eigenvalue weighted by molar-refractivity contribution is -0.141. The number of aromatic nitrogens is 2. The Kier molecular flexibility index (Phi) is 3.99. The van der Waals surface area contributed by atoms with E-state index in [0.717, 1.165) is 5.56 Å². The Hall–Kier alpha value is -2.02. The minimum Gasteiger partial charge on any atom is -0.473 e. The number of hydrogen-bond donors (Lipinski definition) is 1. The van der Waals surface area contributed by atoms with Gasteiger partial charge in [0.1, 0.15) is 6.61 Å². The fourth-order valence-corrected chi connectivity index (χ4v) is 1.53. The summed E-state index contributed by atoms with van der Waals surface area (Å²) in [5.41, 5.74) is 4.82. The largest absolute Gasteiger partial charge is 0.473 e. The van der Waals surface area contributed by atoms with Crippen LogP contribution in [0.15, 0.2) is 30.3 Å². The third-order valence-corrected chi connectivity index (χ3v) is 2.56. The average Bonchev–Trinajstić information content (AvgIpc) is 2.36. The molecule has 8 heteroatoms. The maximum atomic E-state index is 12.5. The van der Waals surface area contributed by atoms with Crippen molar-refractivity contribution in [3.05, 3.63) is 46.6 Å². The van der Waals surface area contributed by atoms with Crippen LogP contribution < -0.4 is 10.5 Å². The summed E-state index contributed by atoms with van der Waals surface area (Å²) >= 11 is 5.72. The number of ether oxygens (including phenoxy) is 1. The van der Waals surface area contributed by atoms with Crippen LogP contribution in [-0.2, 0) is 12.8 Å². The van der Waals surface area contributed by atoms with Crippen molar-refractivity contribution in [1.82, 2.24) is 9.97 Å². The summed E-state index contributed by atoms with van der Waals surface area (Å²) in [6.07, 6.45) is -4.60. The molecule has 0 unspecified atom stereocenters. The Balaban J connectivity index is 2.13. The van der Waals surface area contributed by atoms with Crippen LogP contribution in [0.3, 0.4) is 0 Å². The predicted molar refractivity (Wildman–Crippen MR) is 67.2 cm³/mol. The minimum atomic E-state index is -4.60. The van der Waals surface area contributed by atoms with Crippen LogP contribution in [0, 0.1) is 0 Å². The number of halogens is 4. The van der Waals surface area contributed by atoms with E-state index in [-0.39, 0.29) is 12.5 Å². The van der Waals surface area contributed by atoms with Gasteiger partial charge in [0, 0.05) is 11.1 Å². The molecule has 0 radical (unpaired) electrons. The summed E-state index contributed by atoms with van der Waals surface area (Å²) in [6, 6.07) is 7.38. The summed E-state index contributed by atoms with van der Waals surface area (Å²) in [5, 5.41) is 0.555. The van der Waals surface area contributed by atoms with Crippen molar-refractivity contribution >= 4 is 17.5 Å². The highest BCUT2D eigenvalue weighted by Crippen LogP contribution is 2.29. The molecule has 1 aromatic heterocycles. The molecule has 20 heavy (non-hydrogen) atoms. The zero-order valence-electron chi connectivity index (χ0n) is 9.99. The maximum Gasteiger partial charge on any atom is 0.433 e. The predicted octanol–water partition coefficient (Wildman–Crippen LogP) is 3.31. The molecular weight excluding hydrogens is 295 g/mol. The van der Waals surface area contributed by atoms with Gasteiger partial charge in [0.15, 0.2) is 5.69 Å². The van der Waals surface area contributed by atoms with Gasteiger partial charge in [-0.1, -0.05) is 23.7 Å². The van der Waals surface area contributed by atoms with Crippen molar-refractivity contribution in [2.75, 3.05) is 5.73 Å². The molecule has 0 atom stereocenters. The number of alkyl halides is 3. The van der Waals surface area contributed by atoms with Crippen molar-refractivity contribution in [2.24, 2.45) is 0 Å². The summed E-state index contributed by atoms with van der Waals surface area (Å²) < 4.78 is 42.8. The SMILES string of the molecule is Nc1nc(OCc2ccc(Cl)cc2)cc(C(F)(F)F)n1. The van der Waals surface area contributed by atoms with Crippen LogP contribution in [0.5, 0.6) is 5.88 Å². The van der Waals surface area contributed by atoms with Crippen molar-refractivity contribution in [3.8, 4) is 5.88 Å². The third kappa shape index (κ3) is 3.74. The van der Waals surface area contributed by atoms with E-state index in [2.05, 4.69) is 9.97 Å². The highest BCUT2D eigenvalue weighted by Gasteiger charge is 2.33. The van der Waals surface area contributed by atoms with Crippen molar-refractivity contribution in [3.63, 3.8) is 0 Å². The smallest absolute Gasteiger partial charge is 0.433 e. The molecule has 1 aromatic carbocycles. The van der Waals surface area contributed by atoms with Gasteiger partial charge in [0.05, 0.1) is 0 Å². The maximum absolute atomic E-state index is 12.5. The molecule has 2 rings (SSSR count).